The third kappa shape index (κ3) is 3.51. The van der Waals surface area contributed by atoms with Gasteiger partial charge in [0, 0.05) is 11.3 Å². The molecule has 2 N–H and O–H groups in total. The Bertz CT molecular complexity index is 1430. The first-order valence-corrected chi connectivity index (χ1v) is 10.8. The van der Waals surface area contributed by atoms with E-state index in [4.69, 9.17) is 24.9 Å². The van der Waals surface area contributed by atoms with Crippen LogP contribution in [-0.4, -0.2) is 39.3 Å². The fourth-order valence-electron chi connectivity index (χ4n) is 4.16. The summed E-state index contributed by atoms with van der Waals surface area (Å²) in [7, 11) is 1.60. The first kappa shape index (κ1) is 21.4. The van der Waals surface area contributed by atoms with E-state index >= 15 is 0 Å². The van der Waals surface area contributed by atoms with Crippen LogP contribution in [0.5, 0.6) is 11.6 Å². The van der Waals surface area contributed by atoms with Gasteiger partial charge in [-0.05, 0) is 43.7 Å². The molecule has 9 heteroatoms. The molecule has 0 aliphatic carbocycles. The average Bonchev–Trinajstić information content (AvgIpc) is 3.28. The van der Waals surface area contributed by atoms with Crippen molar-refractivity contribution in [3.63, 3.8) is 0 Å². The number of anilines is 1. The Hall–Kier alpha value is -4.40. The second-order valence-electron chi connectivity index (χ2n) is 7.75. The van der Waals surface area contributed by atoms with Crippen LogP contribution in [0.15, 0.2) is 66.2 Å². The number of nitrogens with two attached hydrogens (primary N) is 1. The molecule has 0 saturated heterocycles. The summed E-state index contributed by atoms with van der Waals surface area (Å²) < 4.78 is 18.3. The van der Waals surface area contributed by atoms with E-state index in [1.807, 2.05) is 42.5 Å². The molecule has 1 atom stereocenters. The Balaban J connectivity index is 1.75. The first-order chi connectivity index (χ1) is 16.5. The summed E-state index contributed by atoms with van der Waals surface area (Å²) in [6.07, 6.45) is 1.54. The van der Waals surface area contributed by atoms with Crippen LogP contribution in [0, 0.1) is 0 Å². The van der Waals surface area contributed by atoms with Crippen molar-refractivity contribution < 1.29 is 19.0 Å². The second-order valence-corrected chi connectivity index (χ2v) is 7.75. The minimum Gasteiger partial charge on any atom is -0.497 e. The minimum absolute atomic E-state index is 0.239. The second kappa shape index (κ2) is 8.51. The third-order valence-corrected chi connectivity index (χ3v) is 5.74. The number of fused-ring (bicyclic) bond motifs is 3. The monoisotopic (exact) mass is 457 g/mol. The molecule has 3 heterocycles. The van der Waals surface area contributed by atoms with Gasteiger partial charge >= 0.3 is 5.97 Å². The Morgan fingerprint density at radius 1 is 1.18 bits per heavy atom. The molecule has 172 valence electrons. The maximum absolute atomic E-state index is 13.1. The van der Waals surface area contributed by atoms with Crippen LogP contribution in [0.1, 0.15) is 30.9 Å². The van der Waals surface area contributed by atoms with Gasteiger partial charge < -0.3 is 19.9 Å². The number of rotatable bonds is 5. The van der Waals surface area contributed by atoms with Crippen molar-refractivity contribution in [1.82, 2.24) is 19.6 Å². The normalized spacial score (nSPS) is 15.1. The molecule has 0 saturated carbocycles. The summed E-state index contributed by atoms with van der Waals surface area (Å²) in [5.41, 5.74) is 9.78. The van der Waals surface area contributed by atoms with E-state index in [0.717, 1.165) is 5.56 Å². The summed E-state index contributed by atoms with van der Waals surface area (Å²) in [5.74, 6) is 0.950. The van der Waals surface area contributed by atoms with Gasteiger partial charge in [0.1, 0.15) is 17.8 Å². The standard InChI is InChI=1S/C25H23N5O4/c1-4-33-25(31)19-14(2)34-24-21(20(19)15-9-11-16(32-3)12-10-15)23-28-22(29-30(23)13-27-24)17-7-5-6-8-18(17)26/h5-13,20H,4,26H2,1-3H3. The summed E-state index contributed by atoms with van der Waals surface area (Å²) in [4.78, 5) is 22.3. The van der Waals surface area contributed by atoms with Crippen molar-refractivity contribution in [2.75, 3.05) is 19.5 Å². The Labute approximate surface area is 195 Å². The van der Waals surface area contributed by atoms with Crippen LogP contribution in [0.3, 0.4) is 0 Å². The van der Waals surface area contributed by atoms with Gasteiger partial charge in [-0.1, -0.05) is 24.3 Å². The van der Waals surface area contributed by atoms with Crippen molar-refractivity contribution >= 4 is 17.3 Å². The third-order valence-electron chi connectivity index (χ3n) is 5.74. The number of hydrogen-bond donors (Lipinski definition) is 1. The molecule has 0 amide bonds. The molecule has 1 aliphatic heterocycles. The molecule has 9 nitrogen and oxygen atoms in total. The summed E-state index contributed by atoms with van der Waals surface area (Å²) >= 11 is 0. The number of hydrogen-bond acceptors (Lipinski definition) is 8. The number of carbonyl (C=O) groups is 1. The molecular formula is C25H23N5O4. The zero-order chi connectivity index (χ0) is 23.8. The molecule has 5 rings (SSSR count). The van der Waals surface area contributed by atoms with Crippen molar-refractivity contribution in [2.24, 2.45) is 0 Å². The number of para-hydroxylation sites is 1. The van der Waals surface area contributed by atoms with Gasteiger partial charge in [0.15, 0.2) is 11.5 Å². The number of ether oxygens (including phenoxy) is 3. The number of benzene rings is 2. The summed E-state index contributed by atoms with van der Waals surface area (Å²) in [5, 5.41) is 4.59. The van der Waals surface area contributed by atoms with Gasteiger partial charge in [-0.25, -0.2) is 19.3 Å². The molecule has 2 aromatic heterocycles. The van der Waals surface area contributed by atoms with Crippen LogP contribution in [0.2, 0.25) is 0 Å². The van der Waals surface area contributed by atoms with Crippen molar-refractivity contribution in [1.29, 1.82) is 0 Å². The highest BCUT2D eigenvalue weighted by Crippen LogP contribution is 2.44. The largest absolute Gasteiger partial charge is 0.497 e. The molecule has 4 aromatic rings. The maximum atomic E-state index is 13.1. The lowest BCUT2D eigenvalue weighted by molar-refractivity contribution is -0.139. The Morgan fingerprint density at radius 2 is 1.94 bits per heavy atom. The van der Waals surface area contributed by atoms with E-state index in [9.17, 15) is 4.79 Å². The van der Waals surface area contributed by atoms with Gasteiger partial charge in [-0.3, -0.25) is 0 Å². The number of methoxy groups -OCH3 is 1. The molecule has 0 radical (unpaired) electrons. The predicted molar refractivity (Wildman–Crippen MR) is 125 cm³/mol. The average molecular weight is 457 g/mol. The van der Waals surface area contributed by atoms with Gasteiger partial charge in [0.2, 0.25) is 5.88 Å². The van der Waals surface area contributed by atoms with Gasteiger partial charge in [0.25, 0.3) is 0 Å². The summed E-state index contributed by atoms with van der Waals surface area (Å²) in [6.45, 7) is 3.74. The fourth-order valence-corrected chi connectivity index (χ4v) is 4.16. The van der Waals surface area contributed by atoms with Crippen molar-refractivity contribution in [3.05, 3.63) is 77.3 Å². The van der Waals surface area contributed by atoms with E-state index in [-0.39, 0.29) is 6.61 Å². The summed E-state index contributed by atoms with van der Waals surface area (Å²) in [6, 6.07) is 14.9. The number of aromatic nitrogens is 4. The topological polar surface area (TPSA) is 114 Å². The highest BCUT2D eigenvalue weighted by molar-refractivity contribution is 5.93. The molecule has 0 fully saturated rings. The van der Waals surface area contributed by atoms with E-state index in [1.165, 1.54) is 6.33 Å². The van der Waals surface area contributed by atoms with E-state index in [0.29, 0.717) is 51.2 Å². The number of nitrogens with zero attached hydrogens (tertiary/aromatic N) is 4. The number of carbonyl (C=O) groups excluding carboxylic acids is 1. The van der Waals surface area contributed by atoms with Gasteiger partial charge in [-0.15, -0.1) is 5.10 Å². The van der Waals surface area contributed by atoms with Crippen LogP contribution >= 0.6 is 0 Å². The Kier molecular flexibility index (Phi) is 5.37. The molecule has 1 aliphatic rings. The Morgan fingerprint density at radius 3 is 2.65 bits per heavy atom. The smallest absolute Gasteiger partial charge is 0.338 e. The van der Waals surface area contributed by atoms with Crippen LogP contribution in [0.25, 0.3) is 17.0 Å². The lowest BCUT2D eigenvalue weighted by Crippen LogP contribution is -2.24. The van der Waals surface area contributed by atoms with Crippen LogP contribution in [-0.2, 0) is 9.53 Å². The lowest BCUT2D eigenvalue weighted by atomic mass is 9.83. The number of allylic oxidation sites excluding steroid dienone is 1. The minimum atomic E-state index is -0.532. The molecule has 0 bridgehead atoms. The molecule has 1 unspecified atom stereocenters. The fraction of sp³-hybridized carbons (Fsp3) is 0.200. The predicted octanol–water partition coefficient (Wildman–Crippen LogP) is 3.74. The lowest BCUT2D eigenvalue weighted by Gasteiger charge is -2.28. The zero-order valence-electron chi connectivity index (χ0n) is 19.0. The molecular weight excluding hydrogens is 434 g/mol. The van der Waals surface area contributed by atoms with Crippen molar-refractivity contribution in [2.45, 2.75) is 19.8 Å². The number of esters is 1. The number of nitrogen functional groups attached to an aromatic ring is 1. The zero-order valence-corrected chi connectivity index (χ0v) is 19.0. The van der Waals surface area contributed by atoms with E-state index < -0.39 is 11.9 Å². The first-order valence-electron chi connectivity index (χ1n) is 10.8. The molecule has 0 spiro atoms. The van der Waals surface area contributed by atoms with Gasteiger partial charge in [0.05, 0.1) is 30.8 Å². The van der Waals surface area contributed by atoms with Crippen LogP contribution in [0.4, 0.5) is 5.69 Å². The maximum Gasteiger partial charge on any atom is 0.338 e. The van der Waals surface area contributed by atoms with Gasteiger partial charge in [-0.2, -0.15) is 0 Å². The SMILES string of the molecule is CCOC(=O)C1=C(C)Oc2ncn3nc(-c4ccccc4N)nc3c2C1c1ccc(OC)cc1. The van der Waals surface area contributed by atoms with E-state index in [1.54, 1.807) is 31.5 Å². The highest BCUT2D eigenvalue weighted by Gasteiger charge is 2.38. The molecule has 2 aromatic carbocycles. The van der Waals surface area contributed by atoms with Crippen LogP contribution < -0.4 is 15.2 Å². The highest BCUT2D eigenvalue weighted by atomic mass is 16.5. The quantitative estimate of drug-likeness (QED) is 0.356. The molecule has 34 heavy (non-hydrogen) atoms. The van der Waals surface area contributed by atoms with Crippen molar-refractivity contribution in [3.8, 4) is 23.0 Å². The van der Waals surface area contributed by atoms with E-state index in [2.05, 4.69) is 10.1 Å².